The van der Waals surface area contributed by atoms with Gasteiger partial charge in [0.1, 0.15) is 18.0 Å². The van der Waals surface area contributed by atoms with Crippen molar-refractivity contribution in [2.45, 2.75) is 47.0 Å². The molecule has 0 bridgehead atoms. The summed E-state index contributed by atoms with van der Waals surface area (Å²) in [5.41, 5.74) is 1.08. The Morgan fingerprint density at radius 3 is 2.45 bits per heavy atom. The SMILES string of the molecule is CCNc1ncnc(-n2nc(CC)nc2CC)c1CC. The van der Waals surface area contributed by atoms with Crippen molar-refractivity contribution >= 4 is 5.82 Å². The highest BCUT2D eigenvalue weighted by atomic mass is 15.4. The van der Waals surface area contributed by atoms with E-state index in [1.54, 1.807) is 6.33 Å². The molecule has 20 heavy (non-hydrogen) atoms. The van der Waals surface area contributed by atoms with Crippen molar-refractivity contribution < 1.29 is 0 Å². The minimum absolute atomic E-state index is 0.826. The van der Waals surface area contributed by atoms with Gasteiger partial charge in [0, 0.05) is 24.9 Å². The molecule has 0 fully saturated rings. The third kappa shape index (κ3) is 2.64. The molecule has 0 aliphatic rings. The maximum absolute atomic E-state index is 4.57. The molecule has 0 aliphatic carbocycles. The average molecular weight is 274 g/mol. The van der Waals surface area contributed by atoms with Gasteiger partial charge in [-0.1, -0.05) is 20.8 Å². The first-order valence-corrected chi connectivity index (χ1v) is 7.27. The fourth-order valence-corrected chi connectivity index (χ4v) is 2.17. The minimum atomic E-state index is 0.826. The molecular formula is C14H22N6. The standard InChI is InChI=1S/C14H22N6/c1-5-10-13(15-8-4)16-9-17-14(10)20-12(7-3)18-11(6-2)19-20/h9H,5-8H2,1-4H3,(H,15,16,17). The van der Waals surface area contributed by atoms with Crippen LogP contribution in [0.15, 0.2) is 6.33 Å². The van der Waals surface area contributed by atoms with Gasteiger partial charge in [-0.25, -0.2) is 15.0 Å². The summed E-state index contributed by atoms with van der Waals surface area (Å²) in [4.78, 5) is 13.3. The number of hydrogen-bond donors (Lipinski definition) is 1. The fraction of sp³-hybridized carbons (Fsp3) is 0.571. The highest BCUT2D eigenvalue weighted by Gasteiger charge is 2.16. The zero-order valence-electron chi connectivity index (χ0n) is 12.6. The number of aryl methyl sites for hydroxylation is 2. The van der Waals surface area contributed by atoms with Gasteiger partial charge in [0.05, 0.1) is 0 Å². The van der Waals surface area contributed by atoms with E-state index in [0.717, 1.165) is 54.7 Å². The van der Waals surface area contributed by atoms with Crippen LogP contribution in [0.1, 0.15) is 44.9 Å². The lowest BCUT2D eigenvalue weighted by molar-refractivity contribution is 0.753. The zero-order chi connectivity index (χ0) is 14.5. The fourth-order valence-electron chi connectivity index (χ4n) is 2.17. The second-order valence-corrected chi connectivity index (χ2v) is 4.47. The van der Waals surface area contributed by atoms with Crippen LogP contribution in [-0.2, 0) is 19.3 Å². The molecule has 108 valence electrons. The van der Waals surface area contributed by atoms with E-state index in [1.807, 2.05) is 4.68 Å². The Morgan fingerprint density at radius 1 is 1.05 bits per heavy atom. The average Bonchev–Trinajstić information content (AvgIpc) is 2.90. The summed E-state index contributed by atoms with van der Waals surface area (Å²) >= 11 is 0. The van der Waals surface area contributed by atoms with Gasteiger partial charge in [-0.2, -0.15) is 4.68 Å². The van der Waals surface area contributed by atoms with Gasteiger partial charge in [0.15, 0.2) is 11.6 Å². The molecule has 0 amide bonds. The number of aromatic nitrogens is 5. The molecule has 2 aromatic heterocycles. The van der Waals surface area contributed by atoms with E-state index < -0.39 is 0 Å². The van der Waals surface area contributed by atoms with Crippen molar-refractivity contribution in [3.05, 3.63) is 23.5 Å². The molecule has 0 unspecified atom stereocenters. The highest BCUT2D eigenvalue weighted by molar-refractivity contribution is 5.51. The Bertz CT molecular complexity index is 575. The van der Waals surface area contributed by atoms with Crippen LogP contribution in [0.5, 0.6) is 0 Å². The first-order chi connectivity index (χ1) is 9.74. The minimum Gasteiger partial charge on any atom is -0.370 e. The molecule has 0 aromatic carbocycles. The van der Waals surface area contributed by atoms with E-state index in [4.69, 9.17) is 0 Å². The maximum Gasteiger partial charge on any atom is 0.164 e. The smallest absolute Gasteiger partial charge is 0.164 e. The van der Waals surface area contributed by atoms with Crippen molar-refractivity contribution in [1.82, 2.24) is 24.7 Å². The molecule has 2 aromatic rings. The summed E-state index contributed by atoms with van der Waals surface area (Å²) in [6, 6.07) is 0. The quantitative estimate of drug-likeness (QED) is 0.874. The maximum atomic E-state index is 4.57. The van der Waals surface area contributed by atoms with E-state index in [1.165, 1.54) is 0 Å². The van der Waals surface area contributed by atoms with Crippen LogP contribution in [-0.4, -0.2) is 31.3 Å². The molecule has 6 nitrogen and oxygen atoms in total. The second-order valence-electron chi connectivity index (χ2n) is 4.47. The zero-order valence-corrected chi connectivity index (χ0v) is 12.6. The Labute approximate surface area is 119 Å². The predicted octanol–water partition coefficient (Wildman–Crippen LogP) is 2.18. The van der Waals surface area contributed by atoms with Crippen molar-refractivity contribution in [2.75, 3.05) is 11.9 Å². The van der Waals surface area contributed by atoms with E-state index >= 15 is 0 Å². The van der Waals surface area contributed by atoms with Gasteiger partial charge in [0.2, 0.25) is 0 Å². The highest BCUT2D eigenvalue weighted by Crippen LogP contribution is 2.20. The van der Waals surface area contributed by atoms with Gasteiger partial charge >= 0.3 is 0 Å². The molecule has 2 rings (SSSR count). The largest absolute Gasteiger partial charge is 0.370 e. The molecule has 2 heterocycles. The molecule has 0 spiro atoms. The van der Waals surface area contributed by atoms with Crippen LogP contribution in [0.2, 0.25) is 0 Å². The number of rotatable bonds is 6. The van der Waals surface area contributed by atoms with Gasteiger partial charge in [0.25, 0.3) is 0 Å². The summed E-state index contributed by atoms with van der Waals surface area (Å²) in [6.45, 7) is 9.14. The van der Waals surface area contributed by atoms with Gasteiger partial charge in [-0.15, -0.1) is 5.10 Å². The summed E-state index contributed by atoms with van der Waals surface area (Å²) in [7, 11) is 0. The lowest BCUT2D eigenvalue weighted by Crippen LogP contribution is -2.12. The Morgan fingerprint density at radius 2 is 1.85 bits per heavy atom. The van der Waals surface area contributed by atoms with E-state index in [-0.39, 0.29) is 0 Å². The van der Waals surface area contributed by atoms with E-state index in [2.05, 4.69) is 53.1 Å². The van der Waals surface area contributed by atoms with Crippen LogP contribution in [0, 0.1) is 0 Å². The van der Waals surface area contributed by atoms with Gasteiger partial charge < -0.3 is 5.32 Å². The molecule has 0 radical (unpaired) electrons. The van der Waals surface area contributed by atoms with Gasteiger partial charge in [-0.3, -0.25) is 0 Å². The summed E-state index contributed by atoms with van der Waals surface area (Å²) in [5.74, 6) is 3.52. The predicted molar refractivity (Wildman–Crippen MR) is 79.2 cm³/mol. The van der Waals surface area contributed by atoms with Crippen molar-refractivity contribution in [3.63, 3.8) is 0 Å². The van der Waals surface area contributed by atoms with E-state index in [0.29, 0.717) is 0 Å². The molecule has 0 aliphatic heterocycles. The summed E-state index contributed by atoms with van der Waals surface area (Å²) in [6.07, 6.45) is 4.09. The van der Waals surface area contributed by atoms with Crippen molar-refractivity contribution in [1.29, 1.82) is 0 Å². The topological polar surface area (TPSA) is 68.5 Å². The Kier molecular flexibility index (Phi) is 4.65. The molecule has 0 saturated carbocycles. The third-order valence-corrected chi connectivity index (χ3v) is 3.17. The number of nitrogens with one attached hydrogen (secondary N) is 1. The van der Waals surface area contributed by atoms with Crippen molar-refractivity contribution in [3.8, 4) is 5.82 Å². The number of anilines is 1. The van der Waals surface area contributed by atoms with E-state index in [9.17, 15) is 0 Å². The monoisotopic (exact) mass is 274 g/mol. The molecule has 0 saturated heterocycles. The Balaban J connectivity index is 2.56. The van der Waals surface area contributed by atoms with Crippen LogP contribution in [0.25, 0.3) is 5.82 Å². The first-order valence-electron chi connectivity index (χ1n) is 7.27. The Hall–Kier alpha value is -1.98. The second kappa shape index (κ2) is 6.45. The number of hydrogen-bond acceptors (Lipinski definition) is 5. The van der Waals surface area contributed by atoms with Crippen LogP contribution in [0.3, 0.4) is 0 Å². The third-order valence-electron chi connectivity index (χ3n) is 3.17. The molecular weight excluding hydrogens is 252 g/mol. The lowest BCUT2D eigenvalue weighted by atomic mass is 10.2. The summed E-state index contributed by atoms with van der Waals surface area (Å²) in [5, 5.41) is 7.85. The van der Waals surface area contributed by atoms with Crippen LogP contribution < -0.4 is 5.32 Å². The van der Waals surface area contributed by atoms with Crippen LogP contribution in [0.4, 0.5) is 5.82 Å². The molecule has 6 heteroatoms. The molecule has 1 N–H and O–H groups in total. The number of nitrogens with zero attached hydrogens (tertiary/aromatic N) is 5. The molecule has 0 atom stereocenters. The first kappa shape index (κ1) is 14.4. The van der Waals surface area contributed by atoms with Crippen LogP contribution >= 0.6 is 0 Å². The normalized spacial score (nSPS) is 10.8. The lowest BCUT2D eigenvalue weighted by Gasteiger charge is -2.12. The van der Waals surface area contributed by atoms with Gasteiger partial charge in [-0.05, 0) is 13.3 Å². The van der Waals surface area contributed by atoms with Crippen molar-refractivity contribution in [2.24, 2.45) is 0 Å². The summed E-state index contributed by atoms with van der Waals surface area (Å²) < 4.78 is 1.86.